The molecule has 3 heterocycles. The van der Waals surface area contributed by atoms with Crippen molar-refractivity contribution in [1.82, 2.24) is 19.7 Å². The highest BCUT2D eigenvalue weighted by Gasteiger charge is 2.35. The lowest BCUT2D eigenvalue weighted by atomic mass is 9.82. The number of amides is 1. The molecule has 30 heavy (non-hydrogen) atoms. The Morgan fingerprint density at radius 1 is 1.20 bits per heavy atom. The number of hydrogen-bond acceptors (Lipinski definition) is 3. The van der Waals surface area contributed by atoms with E-state index < -0.39 is 0 Å². The molecule has 0 fully saturated rings. The standard InChI is InChI=1S/C24H25N5O/c1-3-4-9-29-19-8-5-13(25)10-15(19)21-16-11-26-24(30)22(16)20-14(23(21)29)6-7-18-17(20)12-28(2)27-18/h5,8,10,12H,3-4,6-7,9,11,25H2,1-2H3,(H,26,30). The molecule has 6 rings (SSSR count). The topological polar surface area (TPSA) is 77.9 Å². The lowest BCUT2D eigenvalue weighted by Gasteiger charge is -2.21. The maximum Gasteiger partial charge on any atom is 0.252 e. The molecular formula is C24H25N5O. The first-order valence-corrected chi connectivity index (χ1v) is 10.8. The second-order valence-corrected chi connectivity index (χ2v) is 8.56. The number of nitrogens with two attached hydrogens (primary N) is 1. The van der Waals surface area contributed by atoms with Crippen molar-refractivity contribution in [2.24, 2.45) is 7.05 Å². The Kier molecular flexibility index (Phi) is 3.58. The molecule has 0 spiro atoms. The van der Waals surface area contributed by atoms with Crippen LogP contribution in [0, 0.1) is 0 Å². The Morgan fingerprint density at radius 3 is 2.90 bits per heavy atom. The van der Waals surface area contributed by atoms with Crippen molar-refractivity contribution in [2.75, 3.05) is 5.73 Å². The van der Waals surface area contributed by atoms with Crippen LogP contribution in [-0.2, 0) is 33.0 Å². The van der Waals surface area contributed by atoms with E-state index in [2.05, 4.69) is 40.2 Å². The van der Waals surface area contributed by atoms with Crippen LogP contribution < -0.4 is 11.1 Å². The zero-order chi connectivity index (χ0) is 20.6. The van der Waals surface area contributed by atoms with Gasteiger partial charge < -0.3 is 15.6 Å². The van der Waals surface area contributed by atoms with E-state index >= 15 is 0 Å². The van der Waals surface area contributed by atoms with E-state index in [-0.39, 0.29) is 5.91 Å². The molecule has 152 valence electrons. The van der Waals surface area contributed by atoms with Crippen molar-refractivity contribution >= 4 is 33.4 Å². The van der Waals surface area contributed by atoms with E-state index in [1.165, 1.54) is 22.0 Å². The highest BCUT2D eigenvalue weighted by atomic mass is 16.1. The minimum Gasteiger partial charge on any atom is -0.399 e. The van der Waals surface area contributed by atoms with Gasteiger partial charge in [0.1, 0.15) is 0 Å². The molecule has 0 saturated heterocycles. The van der Waals surface area contributed by atoms with E-state index in [1.54, 1.807) is 0 Å². The number of aromatic nitrogens is 3. The van der Waals surface area contributed by atoms with Crippen LogP contribution in [0.1, 0.15) is 46.9 Å². The monoisotopic (exact) mass is 399 g/mol. The Balaban J connectivity index is 1.83. The molecule has 1 amide bonds. The third-order valence-electron chi connectivity index (χ3n) is 6.70. The summed E-state index contributed by atoms with van der Waals surface area (Å²) in [5.74, 6) is 0.0261. The van der Waals surface area contributed by atoms with Gasteiger partial charge in [0.2, 0.25) is 0 Å². The van der Waals surface area contributed by atoms with Crippen LogP contribution in [-0.4, -0.2) is 20.3 Å². The van der Waals surface area contributed by atoms with Crippen LogP contribution in [0.5, 0.6) is 0 Å². The normalized spacial score (nSPS) is 14.8. The van der Waals surface area contributed by atoms with Gasteiger partial charge in [-0.3, -0.25) is 9.48 Å². The SMILES string of the molecule is CCCCn1c2ccc(N)cc2c2c3c(c4c(c21)CCc1nn(C)cc1-4)C(=O)NC3. The molecule has 6 nitrogen and oxygen atoms in total. The summed E-state index contributed by atoms with van der Waals surface area (Å²) in [6.07, 6.45) is 6.12. The van der Waals surface area contributed by atoms with Crippen molar-refractivity contribution in [1.29, 1.82) is 0 Å². The van der Waals surface area contributed by atoms with Crippen LogP contribution in [0.15, 0.2) is 24.4 Å². The van der Waals surface area contributed by atoms with E-state index in [9.17, 15) is 4.79 Å². The second-order valence-electron chi connectivity index (χ2n) is 8.56. The number of carbonyl (C=O) groups excluding carboxylic acids is 1. The van der Waals surface area contributed by atoms with Crippen molar-refractivity contribution in [3.63, 3.8) is 0 Å². The number of nitrogens with zero attached hydrogens (tertiary/aromatic N) is 3. The third-order valence-corrected chi connectivity index (χ3v) is 6.70. The molecule has 0 unspecified atom stereocenters. The molecule has 1 aliphatic heterocycles. The number of aryl methyl sites for hydroxylation is 4. The summed E-state index contributed by atoms with van der Waals surface area (Å²) >= 11 is 0. The van der Waals surface area contributed by atoms with Gasteiger partial charge in [0.25, 0.3) is 5.91 Å². The van der Waals surface area contributed by atoms with Crippen LogP contribution >= 0.6 is 0 Å². The fraction of sp³-hybridized carbons (Fsp3) is 0.333. The number of anilines is 1. The summed E-state index contributed by atoms with van der Waals surface area (Å²) in [4.78, 5) is 13.0. The molecule has 2 aromatic carbocycles. The van der Waals surface area contributed by atoms with Gasteiger partial charge in [0, 0.05) is 59.4 Å². The number of rotatable bonds is 3. The number of unbranched alkanes of at least 4 members (excludes halogenated alkanes) is 1. The van der Waals surface area contributed by atoms with Crippen molar-refractivity contribution < 1.29 is 4.79 Å². The van der Waals surface area contributed by atoms with Crippen LogP contribution in [0.25, 0.3) is 32.9 Å². The smallest absolute Gasteiger partial charge is 0.252 e. The van der Waals surface area contributed by atoms with Gasteiger partial charge >= 0.3 is 0 Å². The Bertz CT molecular complexity index is 1370. The van der Waals surface area contributed by atoms with Crippen molar-refractivity contribution in [3.05, 3.63) is 46.8 Å². The van der Waals surface area contributed by atoms with E-state index in [0.29, 0.717) is 6.54 Å². The fourth-order valence-electron chi connectivity index (χ4n) is 5.48. The number of hydrogen-bond donors (Lipinski definition) is 2. The Hall–Kier alpha value is -3.28. The number of nitrogens with one attached hydrogen (secondary N) is 1. The van der Waals surface area contributed by atoms with E-state index in [0.717, 1.165) is 71.2 Å². The van der Waals surface area contributed by atoms with Crippen molar-refractivity contribution in [3.8, 4) is 11.1 Å². The molecule has 0 bridgehead atoms. The quantitative estimate of drug-likeness (QED) is 0.513. The van der Waals surface area contributed by atoms with Gasteiger partial charge in [0.15, 0.2) is 0 Å². The number of carbonyl (C=O) groups is 1. The fourth-order valence-corrected chi connectivity index (χ4v) is 5.48. The molecular weight excluding hydrogens is 374 g/mol. The van der Waals surface area contributed by atoms with Crippen LogP contribution in [0.4, 0.5) is 5.69 Å². The molecule has 4 aromatic rings. The van der Waals surface area contributed by atoms with E-state index in [4.69, 9.17) is 5.73 Å². The highest BCUT2D eigenvalue weighted by Crippen LogP contribution is 2.46. The minimum absolute atomic E-state index is 0.0261. The summed E-state index contributed by atoms with van der Waals surface area (Å²) < 4.78 is 4.34. The first kappa shape index (κ1) is 17.6. The summed E-state index contributed by atoms with van der Waals surface area (Å²) in [6.45, 7) is 3.76. The van der Waals surface area contributed by atoms with Gasteiger partial charge in [-0.1, -0.05) is 13.3 Å². The maximum atomic E-state index is 13.0. The first-order chi connectivity index (χ1) is 14.6. The zero-order valence-corrected chi connectivity index (χ0v) is 17.4. The summed E-state index contributed by atoms with van der Waals surface area (Å²) in [5.41, 5.74) is 16.0. The highest BCUT2D eigenvalue weighted by molar-refractivity contribution is 6.19. The number of benzene rings is 2. The summed E-state index contributed by atoms with van der Waals surface area (Å²) in [5, 5.41) is 10.1. The van der Waals surface area contributed by atoms with Gasteiger partial charge in [-0.25, -0.2) is 0 Å². The lowest BCUT2D eigenvalue weighted by Crippen LogP contribution is -2.15. The zero-order valence-electron chi connectivity index (χ0n) is 17.4. The number of nitrogen functional groups attached to an aromatic ring is 1. The Morgan fingerprint density at radius 2 is 2.07 bits per heavy atom. The number of fused-ring (bicyclic) bond motifs is 10. The average molecular weight is 399 g/mol. The second kappa shape index (κ2) is 6.11. The molecule has 2 aromatic heterocycles. The largest absolute Gasteiger partial charge is 0.399 e. The molecule has 0 saturated carbocycles. The van der Waals surface area contributed by atoms with Gasteiger partial charge in [-0.2, -0.15) is 5.10 Å². The molecule has 6 heteroatoms. The molecule has 0 atom stereocenters. The summed E-state index contributed by atoms with van der Waals surface area (Å²) in [7, 11) is 1.96. The average Bonchev–Trinajstić information content (AvgIpc) is 3.39. The minimum atomic E-state index is 0.0261. The predicted molar refractivity (Wildman–Crippen MR) is 120 cm³/mol. The van der Waals surface area contributed by atoms with Gasteiger partial charge in [-0.15, -0.1) is 0 Å². The summed E-state index contributed by atoms with van der Waals surface area (Å²) in [6, 6.07) is 6.20. The lowest BCUT2D eigenvalue weighted by molar-refractivity contribution is 0.0966. The third kappa shape index (κ3) is 2.19. The van der Waals surface area contributed by atoms with Gasteiger partial charge in [0.05, 0.1) is 16.8 Å². The Labute approximate surface area is 174 Å². The van der Waals surface area contributed by atoms with E-state index in [1.807, 2.05) is 17.8 Å². The first-order valence-electron chi connectivity index (χ1n) is 10.8. The van der Waals surface area contributed by atoms with Crippen molar-refractivity contribution in [2.45, 2.75) is 45.7 Å². The molecule has 1 aliphatic carbocycles. The maximum absolute atomic E-state index is 13.0. The molecule has 2 aliphatic rings. The predicted octanol–water partition coefficient (Wildman–Crippen LogP) is 3.92. The molecule has 3 N–H and O–H groups in total. The molecule has 0 radical (unpaired) electrons. The van der Waals surface area contributed by atoms with Crippen LogP contribution in [0.2, 0.25) is 0 Å². The van der Waals surface area contributed by atoms with Gasteiger partial charge in [-0.05, 0) is 48.6 Å². The van der Waals surface area contributed by atoms with Crippen LogP contribution in [0.3, 0.4) is 0 Å².